The first kappa shape index (κ1) is 19.2. The number of rotatable bonds is 4. The lowest BCUT2D eigenvalue weighted by molar-refractivity contribution is -0.148. The minimum absolute atomic E-state index is 0.162. The number of piperidine rings is 1. The topological polar surface area (TPSA) is 46.5 Å². The molecule has 0 aromatic heterocycles. The van der Waals surface area contributed by atoms with E-state index < -0.39 is 5.72 Å². The summed E-state index contributed by atoms with van der Waals surface area (Å²) in [5, 5.41) is 7.38. The molecule has 2 aromatic carbocycles. The van der Waals surface area contributed by atoms with Crippen LogP contribution < -0.4 is 14.2 Å². The number of hydrogen-bond acceptors (Lipinski definition) is 6. The SMILES string of the molecule is CCOc1cccc2c1OC1(CCN(C)CC1)N1N=C(c3ccc(OC)cc3)CC21. The van der Waals surface area contributed by atoms with Crippen LogP contribution in [0.4, 0.5) is 0 Å². The molecule has 30 heavy (non-hydrogen) atoms. The Balaban J connectivity index is 1.56. The summed E-state index contributed by atoms with van der Waals surface area (Å²) >= 11 is 0. The maximum Gasteiger partial charge on any atom is 0.200 e. The number of ether oxygens (including phenoxy) is 3. The van der Waals surface area contributed by atoms with Gasteiger partial charge in [0.2, 0.25) is 5.72 Å². The first-order chi connectivity index (χ1) is 14.6. The second kappa shape index (κ2) is 7.51. The van der Waals surface area contributed by atoms with Crippen LogP contribution in [0, 0.1) is 0 Å². The Hall–Kier alpha value is -2.73. The third-order valence-electron chi connectivity index (χ3n) is 6.48. The molecule has 1 spiro atoms. The van der Waals surface area contributed by atoms with Crippen LogP contribution in [-0.4, -0.2) is 55.2 Å². The Labute approximate surface area is 178 Å². The highest BCUT2D eigenvalue weighted by Gasteiger charge is 2.52. The van der Waals surface area contributed by atoms with Gasteiger partial charge in [0.1, 0.15) is 5.75 Å². The van der Waals surface area contributed by atoms with E-state index in [1.54, 1.807) is 7.11 Å². The van der Waals surface area contributed by atoms with E-state index in [1.165, 1.54) is 0 Å². The first-order valence-corrected chi connectivity index (χ1v) is 10.8. The predicted octanol–water partition coefficient (Wildman–Crippen LogP) is 4.06. The number of benzene rings is 2. The number of hydrogen-bond donors (Lipinski definition) is 0. The fourth-order valence-electron chi connectivity index (χ4n) is 4.80. The molecular formula is C24H29N3O3. The second-order valence-corrected chi connectivity index (χ2v) is 8.30. The van der Waals surface area contributed by atoms with Crippen molar-refractivity contribution in [3.63, 3.8) is 0 Å². The Morgan fingerprint density at radius 3 is 2.60 bits per heavy atom. The van der Waals surface area contributed by atoms with Gasteiger partial charge in [-0.3, -0.25) is 0 Å². The van der Waals surface area contributed by atoms with Crippen LogP contribution in [0.15, 0.2) is 47.6 Å². The van der Waals surface area contributed by atoms with Crippen LogP contribution in [0.5, 0.6) is 17.2 Å². The molecule has 1 saturated heterocycles. The quantitative estimate of drug-likeness (QED) is 0.765. The van der Waals surface area contributed by atoms with Crippen LogP contribution in [-0.2, 0) is 0 Å². The van der Waals surface area contributed by atoms with Crippen LogP contribution in [0.2, 0.25) is 0 Å². The van der Waals surface area contributed by atoms with Gasteiger partial charge in [0.15, 0.2) is 11.5 Å². The van der Waals surface area contributed by atoms with E-state index in [9.17, 15) is 0 Å². The molecule has 0 N–H and O–H groups in total. The second-order valence-electron chi connectivity index (χ2n) is 8.30. The van der Waals surface area contributed by atoms with Crippen molar-refractivity contribution >= 4 is 5.71 Å². The Kier molecular flexibility index (Phi) is 4.82. The number of hydrazone groups is 1. The van der Waals surface area contributed by atoms with Crippen molar-refractivity contribution in [2.45, 2.75) is 38.0 Å². The van der Waals surface area contributed by atoms with E-state index in [2.05, 4.69) is 41.2 Å². The fraction of sp³-hybridized carbons (Fsp3) is 0.458. The monoisotopic (exact) mass is 407 g/mol. The third kappa shape index (κ3) is 3.10. The van der Waals surface area contributed by atoms with E-state index in [4.69, 9.17) is 19.3 Å². The molecule has 5 rings (SSSR count). The average molecular weight is 408 g/mol. The largest absolute Gasteiger partial charge is 0.497 e. The molecule has 1 unspecified atom stereocenters. The van der Waals surface area contributed by atoms with Crippen LogP contribution >= 0.6 is 0 Å². The van der Waals surface area contributed by atoms with Crippen molar-refractivity contribution in [3.05, 3.63) is 53.6 Å². The summed E-state index contributed by atoms with van der Waals surface area (Å²) in [5.74, 6) is 2.60. The van der Waals surface area contributed by atoms with E-state index in [0.29, 0.717) is 6.61 Å². The molecule has 158 valence electrons. The van der Waals surface area contributed by atoms with Crippen LogP contribution in [0.3, 0.4) is 0 Å². The summed E-state index contributed by atoms with van der Waals surface area (Å²) < 4.78 is 18.0. The zero-order valence-electron chi connectivity index (χ0n) is 17.9. The lowest BCUT2D eigenvalue weighted by atomic mass is 9.90. The highest BCUT2D eigenvalue weighted by atomic mass is 16.6. The minimum atomic E-state index is -0.425. The predicted molar refractivity (Wildman–Crippen MR) is 116 cm³/mol. The summed E-state index contributed by atoms with van der Waals surface area (Å²) in [6, 6.07) is 14.6. The van der Waals surface area contributed by atoms with Crippen molar-refractivity contribution in [1.29, 1.82) is 0 Å². The van der Waals surface area contributed by atoms with Crippen molar-refractivity contribution in [1.82, 2.24) is 9.91 Å². The summed E-state index contributed by atoms with van der Waals surface area (Å²) in [7, 11) is 3.86. The lowest BCUT2D eigenvalue weighted by Crippen LogP contribution is -2.58. The van der Waals surface area contributed by atoms with E-state index in [0.717, 1.165) is 66.4 Å². The van der Waals surface area contributed by atoms with Crippen LogP contribution in [0.25, 0.3) is 0 Å². The zero-order valence-corrected chi connectivity index (χ0v) is 17.9. The van der Waals surface area contributed by atoms with E-state index in [-0.39, 0.29) is 6.04 Å². The molecule has 2 aromatic rings. The van der Waals surface area contributed by atoms with Gasteiger partial charge in [-0.25, -0.2) is 5.01 Å². The van der Waals surface area contributed by atoms with Gasteiger partial charge in [-0.15, -0.1) is 0 Å². The maximum absolute atomic E-state index is 6.77. The number of fused-ring (bicyclic) bond motifs is 4. The molecule has 0 amide bonds. The smallest absolute Gasteiger partial charge is 0.200 e. The third-order valence-corrected chi connectivity index (χ3v) is 6.48. The molecule has 0 radical (unpaired) electrons. The number of para-hydroxylation sites is 1. The number of methoxy groups -OCH3 is 1. The van der Waals surface area contributed by atoms with Crippen molar-refractivity contribution in [2.24, 2.45) is 5.10 Å². The van der Waals surface area contributed by atoms with Gasteiger partial charge in [0, 0.05) is 37.9 Å². The van der Waals surface area contributed by atoms with Crippen molar-refractivity contribution in [3.8, 4) is 17.2 Å². The summed E-state index contributed by atoms with van der Waals surface area (Å²) in [4.78, 5) is 2.36. The Bertz CT molecular complexity index is 949. The molecule has 0 bridgehead atoms. The standard InChI is InChI=1S/C24H29N3O3/c1-4-29-22-7-5-6-19-21-16-20(17-8-10-18(28-3)11-9-17)25-27(21)24(30-23(19)22)12-14-26(2)15-13-24/h5-11,21H,4,12-16H2,1-3H3. The van der Waals surface area contributed by atoms with E-state index in [1.807, 2.05) is 25.1 Å². The number of likely N-dealkylation sites (tertiary alicyclic amines) is 1. The van der Waals surface area contributed by atoms with Gasteiger partial charge in [-0.05, 0) is 49.9 Å². The van der Waals surface area contributed by atoms with E-state index >= 15 is 0 Å². The normalized spacial score (nSPS) is 22.2. The highest BCUT2D eigenvalue weighted by molar-refractivity contribution is 6.02. The van der Waals surface area contributed by atoms with Crippen molar-refractivity contribution < 1.29 is 14.2 Å². The van der Waals surface area contributed by atoms with Gasteiger partial charge in [-0.2, -0.15) is 5.10 Å². The molecule has 6 nitrogen and oxygen atoms in total. The maximum atomic E-state index is 6.77. The molecule has 6 heteroatoms. The molecule has 3 aliphatic heterocycles. The zero-order chi connectivity index (χ0) is 20.7. The molecule has 0 saturated carbocycles. The van der Waals surface area contributed by atoms with Gasteiger partial charge < -0.3 is 19.1 Å². The van der Waals surface area contributed by atoms with Crippen LogP contribution in [0.1, 0.15) is 43.4 Å². The number of nitrogens with zero attached hydrogens (tertiary/aromatic N) is 3. The molecule has 3 aliphatic rings. The minimum Gasteiger partial charge on any atom is -0.497 e. The summed E-state index contributed by atoms with van der Waals surface area (Å²) in [6.07, 6.45) is 2.69. The first-order valence-electron chi connectivity index (χ1n) is 10.8. The lowest BCUT2D eigenvalue weighted by Gasteiger charge is -2.51. The Morgan fingerprint density at radius 2 is 1.90 bits per heavy atom. The van der Waals surface area contributed by atoms with Gasteiger partial charge in [0.05, 0.1) is 25.5 Å². The van der Waals surface area contributed by atoms with Crippen molar-refractivity contribution in [2.75, 3.05) is 33.9 Å². The van der Waals surface area contributed by atoms with Gasteiger partial charge in [0.25, 0.3) is 0 Å². The molecule has 3 heterocycles. The molecule has 0 aliphatic carbocycles. The molecule has 1 fully saturated rings. The highest BCUT2D eigenvalue weighted by Crippen LogP contribution is 2.52. The molecule has 1 atom stereocenters. The van der Waals surface area contributed by atoms with Gasteiger partial charge in [-0.1, -0.05) is 12.1 Å². The summed E-state index contributed by atoms with van der Waals surface area (Å²) in [6.45, 7) is 4.61. The fourth-order valence-corrected chi connectivity index (χ4v) is 4.80. The summed E-state index contributed by atoms with van der Waals surface area (Å²) in [5.41, 5.74) is 2.97. The molecular weight excluding hydrogens is 378 g/mol. The average Bonchev–Trinajstić information content (AvgIpc) is 3.24. The Morgan fingerprint density at radius 1 is 1.13 bits per heavy atom. The van der Waals surface area contributed by atoms with Gasteiger partial charge >= 0.3 is 0 Å².